The molecule has 5 heteroatoms. The molecule has 1 aliphatic heterocycles. The second-order valence-electron chi connectivity index (χ2n) is 4.08. The Kier molecular flexibility index (Phi) is 4.60. The zero-order valence-corrected chi connectivity index (χ0v) is 10.00. The summed E-state index contributed by atoms with van der Waals surface area (Å²) in [6.45, 7) is 4.63. The SMILES string of the molecule is CC(C)C(CS)CN1C(=O)COCC1=O. The Hall–Kier alpha value is -0.550. The maximum atomic E-state index is 11.4. The molecule has 0 spiro atoms. The number of hydrogen-bond acceptors (Lipinski definition) is 4. The maximum Gasteiger partial charge on any atom is 0.255 e. The van der Waals surface area contributed by atoms with Crippen molar-refractivity contribution in [1.82, 2.24) is 4.90 Å². The normalized spacial score (nSPS) is 19.9. The number of nitrogens with zero attached hydrogens (tertiary/aromatic N) is 1. The van der Waals surface area contributed by atoms with Crippen LogP contribution in [0.5, 0.6) is 0 Å². The smallest absolute Gasteiger partial charge is 0.255 e. The molecule has 0 radical (unpaired) electrons. The summed E-state index contributed by atoms with van der Waals surface area (Å²) in [4.78, 5) is 24.2. The van der Waals surface area contributed by atoms with Crippen molar-refractivity contribution in [1.29, 1.82) is 0 Å². The Morgan fingerprint density at radius 2 is 1.87 bits per heavy atom. The van der Waals surface area contributed by atoms with Crippen molar-refractivity contribution in [2.45, 2.75) is 13.8 Å². The van der Waals surface area contributed by atoms with Crippen LogP contribution in [0, 0.1) is 11.8 Å². The summed E-state index contributed by atoms with van der Waals surface area (Å²) < 4.78 is 4.84. The van der Waals surface area contributed by atoms with Crippen LogP contribution >= 0.6 is 12.6 Å². The summed E-state index contributed by atoms with van der Waals surface area (Å²) in [6, 6.07) is 0. The standard InChI is InChI=1S/C10H17NO3S/c1-7(2)8(6-15)3-11-9(12)4-14-5-10(11)13/h7-8,15H,3-6H2,1-2H3. The molecule has 86 valence electrons. The number of hydrogen-bond donors (Lipinski definition) is 1. The van der Waals surface area contributed by atoms with Crippen molar-refractivity contribution in [2.75, 3.05) is 25.5 Å². The first kappa shape index (κ1) is 12.5. The topological polar surface area (TPSA) is 46.6 Å². The van der Waals surface area contributed by atoms with E-state index >= 15 is 0 Å². The third-order valence-electron chi connectivity index (χ3n) is 2.65. The van der Waals surface area contributed by atoms with E-state index in [2.05, 4.69) is 26.5 Å². The molecule has 1 atom stereocenters. The fraction of sp³-hybridized carbons (Fsp3) is 0.800. The quantitative estimate of drug-likeness (QED) is 0.568. The molecular weight excluding hydrogens is 214 g/mol. The first-order valence-corrected chi connectivity index (χ1v) is 5.71. The highest BCUT2D eigenvalue weighted by Crippen LogP contribution is 2.15. The largest absolute Gasteiger partial charge is 0.362 e. The summed E-state index contributed by atoms with van der Waals surface area (Å²) in [5.74, 6) is 0.859. The molecule has 0 aromatic rings. The van der Waals surface area contributed by atoms with Gasteiger partial charge in [0.15, 0.2) is 0 Å². The summed E-state index contributed by atoms with van der Waals surface area (Å²) in [5, 5.41) is 0. The molecule has 2 amide bonds. The van der Waals surface area contributed by atoms with E-state index in [1.807, 2.05) is 0 Å². The van der Waals surface area contributed by atoms with Crippen LogP contribution < -0.4 is 0 Å². The van der Waals surface area contributed by atoms with E-state index in [1.165, 1.54) is 4.90 Å². The van der Waals surface area contributed by atoms with Gasteiger partial charge in [-0.25, -0.2) is 0 Å². The summed E-state index contributed by atoms with van der Waals surface area (Å²) in [7, 11) is 0. The number of carbonyl (C=O) groups excluding carboxylic acids is 2. The van der Waals surface area contributed by atoms with Gasteiger partial charge < -0.3 is 4.74 Å². The van der Waals surface area contributed by atoms with E-state index in [4.69, 9.17) is 4.74 Å². The lowest BCUT2D eigenvalue weighted by Gasteiger charge is -2.29. The van der Waals surface area contributed by atoms with Gasteiger partial charge in [0.25, 0.3) is 11.8 Å². The first-order valence-electron chi connectivity index (χ1n) is 5.08. The van der Waals surface area contributed by atoms with Crippen LogP contribution in [-0.4, -0.2) is 42.2 Å². The molecule has 0 aromatic carbocycles. The van der Waals surface area contributed by atoms with Gasteiger partial charge in [-0.05, 0) is 17.6 Å². The van der Waals surface area contributed by atoms with Gasteiger partial charge >= 0.3 is 0 Å². The number of amides is 2. The molecule has 1 fully saturated rings. The average Bonchev–Trinajstić information content (AvgIpc) is 2.17. The van der Waals surface area contributed by atoms with Gasteiger partial charge in [-0.3, -0.25) is 14.5 Å². The molecule has 1 heterocycles. The molecule has 1 rings (SSSR count). The van der Waals surface area contributed by atoms with Crippen LogP contribution in [0.4, 0.5) is 0 Å². The zero-order chi connectivity index (χ0) is 11.4. The van der Waals surface area contributed by atoms with Crippen molar-refractivity contribution in [3.05, 3.63) is 0 Å². The predicted molar refractivity (Wildman–Crippen MR) is 59.7 cm³/mol. The van der Waals surface area contributed by atoms with Crippen LogP contribution in [0.2, 0.25) is 0 Å². The van der Waals surface area contributed by atoms with Gasteiger partial charge in [-0.2, -0.15) is 12.6 Å². The summed E-state index contributed by atoms with van der Waals surface area (Å²) >= 11 is 4.23. The number of imide groups is 1. The minimum Gasteiger partial charge on any atom is -0.362 e. The van der Waals surface area contributed by atoms with Crippen molar-refractivity contribution in [3.63, 3.8) is 0 Å². The van der Waals surface area contributed by atoms with Crippen LogP contribution in [-0.2, 0) is 14.3 Å². The molecular formula is C10H17NO3S. The Morgan fingerprint density at radius 3 is 2.27 bits per heavy atom. The number of thiol groups is 1. The number of carbonyl (C=O) groups is 2. The third-order valence-corrected chi connectivity index (χ3v) is 3.12. The van der Waals surface area contributed by atoms with Crippen LogP contribution in [0.25, 0.3) is 0 Å². The van der Waals surface area contributed by atoms with Gasteiger partial charge in [0.05, 0.1) is 0 Å². The molecule has 4 nitrogen and oxygen atoms in total. The van der Waals surface area contributed by atoms with Crippen molar-refractivity contribution >= 4 is 24.4 Å². The lowest BCUT2D eigenvalue weighted by Crippen LogP contribution is -2.49. The van der Waals surface area contributed by atoms with Crippen molar-refractivity contribution in [3.8, 4) is 0 Å². The minimum atomic E-state index is -0.237. The zero-order valence-electron chi connectivity index (χ0n) is 9.10. The number of ether oxygens (including phenoxy) is 1. The van der Waals surface area contributed by atoms with E-state index in [0.717, 1.165) is 0 Å². The highest BCUT2D eigenvalue weighted by atomic mass is 32.1. The Balaban J connectivity index is 2.61. The third kappa shape index (κ3) is 3.21. The van der Waals surface area contributed by atoms with E-state index in [0.29, 0.717) is 18.2 Å². The summed E-state index contributed by atoms with van der Waals surface area (Å²) in [6.07, 6.45) is 0. The second-order valence-corrected chi connectivity index (χ2v) is 4.44. The van der Waals surface area contributed by atoms with E-state index in [1.54, 1.807) is 0 Å². The molecule has 0 bridgehead atoms. The Labute approximate surface area is 95.4 Å². The molecule has 0 aromatic heterocycles. The molecule has 1 unspecified atom stereocenters. The fourth-order valence-corrected chi connectivity index (χ4v) is 1.98. The predicted octanol–water partition coefficient (Wildman–Crippen LogP) is 0.574. The van der Waals surface area contributed by atoms with Gasteiger partial charge in [-0.1, -0.05) is 13.8 Å². The first-order chi connectivity index (χ1) is 7.06. The average molecular weight is 231 g/mol. The van der Waals surface area contributed by atoms with E-state index in [-0.39, 0.29) is 30.9 Å². The number of rotatable bonds is 4. The molecule has 0 N–H and O–H groups in total. The lowest BCUT2D eigenvalue weighted by molar-refractivity contribution is -0.159. The minimum absolute atomic E-state index is 0.0170. The highest BCUT2D eigenvalue weighted by Gasteiger charge is 2.29. The van der Waals surface area contributed by atoms with Gasteiger partial charge in [0.2, 0.25) is 0 Å². The van der Waals surface area contributed by atoms with Gasteiger partial charge in [0, 0.05) is 6.54 Å². The second kappa shape index (κ2) is 5.51. The van der Waals surface area contributed by atoms with Gasteiger partial charge in [0.1, 0.15) is 13.2 Å². The summed E-state index contributed by atoms with van der Waals surface area (Å²) in [5.41, 5.74) is 0. The molecule has 1 aliphatic rings. The van der Waals surface area contributed by atoms with Gasteiger partial charge in [-0.15, -0.1) is 0 Å². The number of morpholine rings is 1. The van der Waals surface area contributed by atoms with Crippen molar-refractivity contribution < 1.29 is 14.3 Å². The molecule has 1 saturated heterocycles. The molecule has 0 aliphatic carbocycles. The fourth-order valence-electron chi connectivity index (χ4n) is 1.44. The lowest BCUT2D eigenvalue weighted by atomic mass is 9.97. The Morgan fingerprint density at radius 1 is 1.33 bits per heavy atom. The highest BCUT2D eigenvalue weighted by molar-refractivity contribution is 7.80. The van der Waals surface area contributed by atoms with Crippen LogP contribution in [0.15, 0.2) is 0 Å². The van der Waals surface area contributed by atoms with E-state index in [9.17, 15) is 9.59 Å². The molecule has 15 heavy (non-hydrogen) atoms. The Bertz CT molecular complexity index is 239. The van der Waals surface area contributed by atoms with Crippen molar-refractivity contribution in [2.24, 2.45) is 11.8 Å². The van der Waals surface area contributed by atoms with E-state index < -0.39 is 0 Å². The monoisotopic (exact) mass is 231 g/mol. The van der Waals surface area contributed by atoms with Crippen LogP contribution in [0.1, 0.15) is 13.8 Å². The molecule has 0 saturated carbocycles. The maximum absolute atomic E-state index is 11.4. The van der Waals surface area contributed by atoms with Crippen LogP contribution in [0.3, 0.4) is 0 Å².